The topological polar surface area (TPSA) is 32.9 Å². The van der Waals surface area contributed by atoms with Crippen LogP contribution in [0.3, 0.4) is 0 Å². The van der Waals surface area contributed by atoms with E-state index in [1.807, 2.05) is 78.9 Å². The molecule has 0 saturated carbocycles. The van der Waals surface area contributed by atoms with E-state index in [0.717, 1.165) is 21.7 Å². The maximum atomic E-state index is 15.4. The number of para-hydroxylation sites is 1. The number of allylic oxidation sites excluding steroid dienone is 4. The number of fused-ring (bicyclic) bond motifs is 2. The van der Waals surface area contributed by atoms with Gasteiger partial charge in [0.05, 0.1) is 5.56 Å². The molecule has 0 saturated heterocycles. The Morgan fingerprint density at radius 3 is 2.52 bits per heavy atom. The fourth-order valence-corrected chi connectivity index (χ4v) is 4.21. The van der Waals surface area contributed by atoms with Crippen molar-refractivity contribution < 1.29 is 9.18 Å². The fraction of sp³-hybridized carbons (Fsp3) is 0.115. The van der Waals surface area contributed by atoms with E-state index in [4.69, 9.17) is 0 Å². The van der Waals surface area contributed by atoms with Gasteiger partial charge in [-0.15, -0.1) is 0 Å². The molecule has 1 aromatic heterocycles. The second-order valence-electron chi connectivity index (χ2n) is 7.58. The summed E-state index contributed by atoms with van der Waals surface area (Å²) in [6.45, 7) is 0. The minimum Gasteiger partial charge on any atom is -0.358 e. The van der Waals surface area contributed by atoms with Crippen molar-refractivity contribution >= 4 is 27.5 Å². The molecule has 3 aromatic carbocycles. The molecule has 1 N–H and O–H groups in total. The average Bonchev–Trinajstić information content (AvgIpc) is 3.10. The van der Waals surface area contributed by atoms with Crippen LogP contribution in [0.4, 0.5) is 4.39 Å². The molecule has 2 nitrogen and oxygen atoms in total. The van der Waals surface area contributed by atoms with Crippen molar-refractivity contribution in [2.75, 3.05) is 0 Å². The summed E-state index contributed by atoms with van der Waals surface area (Å²) >= 11 is 0. The Kier molecular flexibility index (Phi) is 4.17. The third-order valence-corrected chi connectivity index (χ3v) is 5.62. The van der Waals surface area contributed by atoms with Gasteiger partial charge in [-0.1, -0.05) is 78.9 Å². The Hall–Kier alpha value is -3.46. The van der Waals surface area contributed by atoms with Gasteiger partial charge in [-0.2, -0.15) is 0 Å². The number of H-pyrrole nitrogens is 1. The highest BCUT2D eigenvalue weighted by Gasteiger charge is 2.31. The minimum absolute atomic E-state index is 0.0758. The van der Waals surface area contributed by atoms with Crippen molar-refractivity contribution in [2.24, 2.45) is 0 Å². The molecule has 4 aromatic rings. The smallest absolute Gasteiger partial charge is 0.196 e. The lowest BCUT2D eigenvalue weighted by Crippen LogP contribution is -2.25. The van der Waals surface area contributed by atoms with Crippen LogP contribution in [-0.2, 0) is 6.42 Å². The van der Waals surface area contributed by atoms with E-state index in [1.54, 1.807) is 12.2 Å². The molecular weight excluding hydrogens is 361 g/mol. The van der Waals surface area contributed by atoms with Gasteiger partial charge in [-0.3, -0.25) is 4.79 Å². The van der Waals surface area contributed by atoms with Gasteiger partial charge < -0.3 is 4.98 Å². The lowest BCUT2D eigenvalue weighted by atomic mass is 9.88. The summed E-state index contributed by atoms with van der Waals surface area (Å²) in [6.07, 6.45) is 7.44. The Morgan fingerprint density at radius 2 is 1.69 bits per heavy atom. The first kappa shape index (κ1) is 17.6. The largest absolute Gasteiger partial charge is 0.358 e. The lowest BCUT2D eigenvalue weighted by Gasteiger charge is -2.22. The van der Waals surface area contributed by atoms with Crippen LogP contribution in [0.15, 0.2) is 91.0 Å². The van der Waals surface area contributed by atoms with Gasteiger partial charge >= 0.3 is 0 Å². The molecule has 1 heterocycles. The summed E-state index contributed by atoms with van der Waals surface area (Å²) in [5.74, 6) is -0.0758. The maximum absolute atomic E-state index is 15.4. The van der Waals surface area contributed by atoms with Gasteiger partial charge in [0.25, 0.3) is 0 Å². The number of aromatic nitrogens is 1. The van der Waals surface area contributed by atoms with Gasteiger partial charge in [0, 0.05) is 35.0 Å². The van der Waals surface area contributed by atoms with Crippen LogP contribution in [-0.4, -0.2) is 16.4 Å². The molecule has 0 spiro atoms. The zero-order chi connectivity index (χ0) is 19.8. The standard InChI is InChI=1S/C26H20FNO/c27-26(15-6-1-7-16-26)17-23-24(21-12-4-5-14-22(21)28-23)25(29)20-13-8-10-18-9-2-3-11-19(18)20/h1-15,28H,16-17H2. The van der Waals surface area contributed by atoms with Gasteiger partial charge in [0.2, 0.25) is 0 Å². The van der Waals surface area contributed by atoms with E-state index in [2.05, 4.69) is 4.98 Å². The number of hydrogen-bond acceptors (Lipinski definition) is 1. The van der Waals surface area contributed by atoms with Crippen molar-refractivity contribution in [3.05, 3.63) is 108 Å². The normalized spacial score (nSPS) is 18.5. The Morgan fingerprint density at radius 1 is 0.931 bits per heavy atom. The molecule has 0 aliphatic heterocycles. The molecule has 0 bridgehead atoms. The first-order valence-corrected chi connectivity index (χ1v) is 9.80. The van der Waals surface area contributed by atoms with E-state index in [-0.39, 0.29) is 12.2 Å². The maximum Gasteiger partial charge on any atom is 0.196 e. The zero-order valence-corrected chi connectivity index (χ0v) is 15.9. The molecular formula is C26H20FNO. The fourth-order valence-electron chi connectivity index (χ4n) is 4.21. The molecule has 0 amide bonds. The molecule has 5 rings (SSSR count). The van der Waals surface area contributed by atoms with Gasteiger partial charge in [-0.25, -0.2) is 4.39 Å². The molecule has 0 radical (unpaired) electrons. The van der Waals surface area contributed by atoms with Crippen molar-refractivity contribution in [3.8, 4) is 0 Å². The average molecular weight is 381 g/mol. The number of rotatable bonds is 4. The molecule has 0 fully saturated rings. The number of nitrogens with one attached hydrogen (secondary N) is 1. The first-order chi connectivity index (χ1) is 14.1. The summed E-state index contributed by atoms with van der Waals surface area (Å²) < 4.78 is 15.4. The van der Waals surface area contributed by atoms with Crippen LogP contribution >= 0.6 is 0 Å². The summed E-state index contributed by atoms with van der Waals surface area (Å²) in [6, 6.07) is 21.3. The number of carbonyl (C=O) groups excluding carboxylic acids is 1. The van der Waals surface area contributed by atoms with E-state index in [9.17, 15) is 4.79 Å². The number of halogens is 1. The van der Waals surface area contributed by atoms with E-state index >= 15 is 4.39 Å². The van der Waals surface area contributed by atoms with E-state index in [1.165, 1.54) is 0 Å². The highest BCUT2D eigenvalue weighted by molar-refractivity contribution is 6.22. The van der Waals surface area contributed by atoms with Crippen LogP contribution in [0.25, 0.3) is 21.7 Å². The first-order valence-electron chi connectivity index (χ1n) is 9.80. The molecule has 1 aliphatic carbocycles. The van der Waals surface area contributed by atoms with Crippen LogP contribution < -0.4 is 0 Å². The molecule has 1 aliphatic rings. The predicted molar refractivity (Wildman–Crippen MR) is 116 cm³/mol. The predicted octanol–water partition coefficient (Wildman–Crippen LogP) is 6.32. The lowest BCUT2D eigenvalue weighted by molar-refractivity contribution is 0.104. The number of ketones is 1. The molecule has 29 heavy (non-hydrogen) atoms. The monoisotopic (exact) mass is 381 g/mol. The van der Waals surface area contributed by atoms with Crippen LogP contribution in [0.1, 0.15) is 28.0 Å². The van der Waals surface area contributed by atoms with E-state index in [0.29, 0.717) is 23.2 Å². The second kappa shape index (κ2) is 6.85. The van der Waals surface area contributed by atoms with Gasteiger partial charge in [0.15, 0.2) is 5.78 Å². The van der Waals surface area contributed by atoms with E-state index < -0.39 is 5.67 Å². The summed E-state index contributed by atoms with van der Waals surface area (Å²) in [5, 5.41) is 2.76. The summed E-state index contributed by atoms with van der Waals surface area (Å²) in [5.41, 5.74) is 1.21. The Balaban J connectivity index is 1.68. The van der Waals surface area contributed by atoms with Gasteiger partial charge in [-0.05, 0) is 22.9 Å². The Bertz CT molecular complexity index is 1290. The third-order valence-electron chi connectivity index (χ3n) is 5.62. The molecule has 142 valence electrons. The zero-order valence-electron chi connectivity index (χ0n) is 15.9. The van der Waals surface area contributed by atoms with Crippen molar-refractivity contribution in [1.29, 1.82) is 0 Å². The van der Waals surface area contributed by atoms with Crippen molar-refractivity contribution in [2.45, 2.75) is 18.5 Å². The van der Waals surface area contributed by atoms with Crippen molar-refractivity contribution in [3.63, 3.8) is 0 Å². The Labute approximate surface area is 168 Å². The number of alkyl halides is 1. The molecule has 3 heteroatoms. The van der Waals surface area contributed by atoms with Crippen LogP contribution in [0.5, 0.6) is 0 Å². The molecule has 1 atom stereocenters. The SMILES string of the molecule is O=C(c1cccc2ccccc12)c1c(CC2(F)C=CC=CC2)[nH]c2ccccc12. The number of aromatic amines is 1. The van der Waals surface area contributed by atoms with Crippen LogP contribution in [0.2, 0.25) is 0 Å². The highest BCUT2D eigenvalue weighted by Crippen LogP contribution is 2.33. The number of hydrogen-bond donors (Lipinski definition) is 1. The number of carbonyl (C=O) groups is 1. The quantitative estimate of drug-likeness (QED) is 0.412. The van der Waals surface area contributed by atoms with Gasteiger partial charge in [0.1, 0.15) is 5.67 Å². The minimum atomic E-state index is -1.50. The van der Waals surface area contributed by atoms with Crippen molar-refractivity contribution in [1.82, 2.24) is 4.98 Å². The number of benzene rings is 3. The van der Waals surface area contributed by atoms with Crippen LogP contribution in [0, 0.1) is 0 Å². The highest BCUT2D eigenvalue weighted by atomic mass is 19.1. The third kappa shape index (κ3) is 3.09. The summed E-state index contributed by atoms with van der Waals surface area (Å²) in [7, 11) is 0. The molecule has 1 unspecified atom stereocenters. The second-order valence-corrected chi connectivity index (χ2v) is 7.58. The summed E-state index contributed by atoms with van der Waals surface area (Å²) in [4.78, 5) is 17.0.